The minimum atomic E-state index is -0.335. The summed E-state index contributed by atoms with van der Waals surface area (Å²) in [6.45, 7) is 3.87. The van der Waals surface area contributed by atoms with Crippen LogP contribution >= 0.6 is 0 Å². The summed E-state index contributed by atoms with van der Waals surface area (Å²) < 4.78 is 4.94. The Labute approximate surface area is 115 Å². The molecule has 106 valence electrons. The molecule has 2 heterocycles. The maximum absolute atomic E-state index is 11.8. The molecular formula is C13H16N4O3. The molecule has 7 nitrogen and oxygen atoms in total. The van der Waals surface area contributed by atoms with Crippen molar-refractivity contribution >= 4 is 17.5 Å². The summed E-state index contributed by atoms with van der Waals surface area (Å²) in [6, 6.07) is 3.19. The van der Waals surface area contributed by atoms with Gasteiger partial charge in [0.15, 0.2) is 5.76 Å². The van der Waals surface area contributed by atoms with E-state index in [-0.39, 0.29) is 30.5 Å². The molecule has 0 saturated heterocycles. The zero-order valence-electron chi connectivity index (χ0n) is 11.3. The van der Waals surface area contributed by atoms with Crippen molar-refractivity contribution < 1.29 is 14.0 Å². The molecule has 2 aromatic heterocycles. The van der Waals surface area contributed by atoms with Gasteiger partial charge in [0, 0.05) is 13.0 Å². The number of H-pyrrole nitrogens is 1. The number of aromatic amines is 1. The number of carbonyl (C=O) groups excluding carboxylic acids is 2. The number of hydrogen-bond donors (Lipinski definition) is 3. The van der Waals surface area contributed by atoms with Gasteiger partial charge in [-0.3, -0.25) is 14.7 Å². The number of aryl methyl sites for hydroxylation is 2. The Morgan fingerprint density at radius 2 is 2.20 bits per heavy atom. The molecule has 3 N–H and O–H groups in total. The van der Waals surface area contributed by atoms with Gasteiger partial charge in [0.1, 0.15) is 0 Å². The Balaban J connectivity index is 1.77. The van der Waals surface area contributed by atoms with Crippen LogP contribution in [0, 0.1) is 13.8 Å². The molecule has 2 amide bonds. The van der Waals surface area contributed by atoms with Gasteiger partial charge in [0.2, 0.25) is 5.91 Å². The maximum Gasteiger partial charge on any atom is 0.286 e. The molecule has 0 aliphatic heterocycles. The molecule has 0 unspecified atom stereocenters. The Morgan fingerprint density at radius 3 is 2.80 bits per heavy atom. The molecular weight excluding hydrogens is 260 g/mol. The monoisotopic (exact) mass is 276 g/mol. The van der Waals surface area contributed by atoms with Crippen molar-refractivity contribution in [2.45, 2.75) is 20.3 Å². The SMILES string of the molecule is Cc1n[nH]c(C)c1NC(=O)CCNC(=O)c1ccco1. The molecule has 0 spiro atoms. The van der Waals surface area contributed by atoms with Crippen LogP contribution in [0.1, 0.15) is 28.4 Å². The molecule has 20 heavy (non-hydrogen) atoms. The number of rotatable bonds is 5. The van der Waals surface area contributed by atoms with Crippen LogP contribution in [0.5, 0.6) is 0 Å². The molecule has 0 aliphatic carbocycles. The second-order valence-electron chi connectivity index (χ2n) is 4.34. The third-order valence-corrected chi connectivity index (χ3v) is 2.78. The van der Waals surface area contributed by atoms with Crippen molar-refractivity contribution in [3.05, 3.63) is 35.5 Å². The maximum atomic E-state index is 11.8. The fourth-order valence-corrected chi connectivity index (χ4v) is 1.72. The van der Waals surface area contributed by atoms with Crippen LogP contribution in [0.3, 0.4) is 0 Å². The van der Waals surface area contributed by atoms with Crippen LogP contribution < -0.4 is 10.6 Å². The first-order valence-electron chi connectivity index (χ1n) is 6.21. The van der Waals surface area contributed by atoms with E-state index in [1.54, 1.807) is 19.1 Å². The molecule has 2 rings (SSSR count). The van der Waals surface area contributed by atoms with E-state index in [2.05, 4.69) is 20.8 Å². The predicted octanol–water partition coefficient (Wildman–Crippen LogP) is 1.38. The summed E-state index contributed by atoms with van der Waals surface area (Å²) in [5.74, 6) is -0.289. The van der Waals surface area contributed by atoms with Gasteiger partial charge in [0.25, 0.3) is 5.91 Å². The van der Waals surface area contributed by atoms with E-state index in [0.717, 1.165) is 11.4 Å². The standard InChI is InChI=1S/C13H16N4O3/c1-8-12(9(2)17-16-8)15-11(18)5-6-14-13(19)10-4-3-7-20-10/h3-4,7H,5-6H2,1-2H3,(H,14,19)(H,15,18)(H,16,17). The average Bonchev–Trinajstić information content (AvgIpc) is 3.04. The zero-order valence-corrected chi connectivity index (χ0v) is 11.3. The highest BCUT2D eigenvalue weighted by molar-refractivity contribution is 5.93. The predicted molar refractivity (Wildman–Crippen MR) is 72.3 cm³/mol. The Kier molecular flexibility index (Phi) is 4.19. The van der Waals surface area contributed by atoms with Crippen molar-refractivity contribution in [3.63, 3.8) is 0 Å². The summed E-state index contributed by atoms with van der Waals surface area (Å²) in [4.78, 5) is 23.3. The van der Waals surface area contributed by atoms with Gasteiger partial charge in [-0.15, -0.1) is 0 Å². The number of anilines is 1. The summed E-state index contributed by atoms with van der Waals surface area (Å²) in [5, 5.41) is 12.1. The number of amides is 2. The number of furan rings is 1. The Morgan fingerprint density at radius 1 is 1.40 bits per heavy atom. The lowest BCUT2D eigenvalue weighted by Crippen LogP contribution is -2.27. The number of hydrogen-bond acceptors (Lipinski definition) is 4. The van der Waals surface area contributed by atoms with Crippen LogP contribution in [-0.2, 0) is 4.79 Å². The third-order valence-electron chi connectivity index (χ3n) is 2.78. The molecule has 0 atom stereocenters. The number of aromatic nitrogens is 2. The normalized spacial score (nSPS) is 10.3. The van der Waals surface area contributed by atoms with E-state index in [1.165, 1.54) is 6.26 Å². The van der Waals surface area contributed by atoms with Crippen LogP contribution in [0.15, 0.2) is 22.8 Å². The highest BCUT2D eigenvalue weighted by atomic mass is 16.3. The fourth-order valence-electron chi connectivity index (χ4n) is 1.72. The Bertz CT molecular complexity index is 582. The van der Waals surface area contributed by atoms with Gasteiger partial charge >= 0.3 is 0 Å². The zero-order chi connectivity index (χ0) is 14.5. The van der Waals surface area contributed by atoms with Crippen LogP contribution in [-0.4, -0.2) is 28.6 Å². The van der Waals surface area contributed by atoms with E-state index in [1.807, 2.05) is 6.92 Å². The summed E-state index contributed by atoms with van der Waals surface area (Å²) >= 11 is 0. The van der Waals surface area contributed by atoms with Crippen molar-refractivity contribution in [3.8, 4) is 0 Å². The molecule has 7 heteroatoms. The van der Waals surface area contributed by atoms with Gasteiger partial charge in [-0.25, -0.2) is 0 Å². The van der Waals surface area contributed by atoms with Crippen molar-refractivity contribution in [1.29, 1.82) is 0 Å². The molecule has 0 saturated carbocycles. The molecule has 0 bridgehead atoms. The van der Waals surface area contributed by atoms with E-state index < -0.39 is 0 Å². The Hall–Kier alpha value is -2.57. The first kappa shape index (κ1) is 13.9. The largest absolute Gasteiger partial charge is 0.459 e. The van der Waals surface area contributed by atoms with Crippen molar-refractivity contribution in [1.82, 2.24) is 15.5 Å². The lowest BCUT2D eigenvalue weighted by atomic mass is 10.3. The van der Waals surface area contributed by atoms with Gasteiger partial charge in [0.05, 0.1) is 23.3 Å². The van der Waals surface area contributed by atoms with Crippen LogP contribution in [0.2, 0.25) is 0 Å². The number of nitrogens with one attached hydrogen (secondary N) is 3. The molecule has 2 aromatic rings. The quantitative estimate of drug-likeness (QED) is 0.768. The highest BCUT2D eigenvalue weighted by Crippen LogP contribution is 2.15. The van der Waals surface area contributed by atoms with Crippen molar-refractivity contribution in [2.24, 2.45) is 0 Å². The van der Waals surface area contributed by atoms with Crippen molar-refractivity contribution in [2.75, 3.05) is 11.9 Å². The molecule has 0 aliphatic rings. The van der Waals surface area contributed by atoms with E-state index in [0.29, 0.717) is 5.69 Å². The number of carbonyl (C=O) groups is 2. The van der Waals surface area contributed by atoms with Crippen LogP contribution in [0.4, 0.5) is 5.69 Å². The lowest BCUT2D eigenvalue weighted by molar-refractivity contribution is -0.116. The van der Waals surface area contributed by atoms with Gasteiger partial charge in [-0.1, -0.05) is 0 Å². The smallest absolute Gasteiger partial charge is 0.286 e. The van der Waals surface area contributed by atoms with Crippen LogP contribution in [0.25, 0.3) is 0 Å². The second-order valence-corrected chi connectivity index (χ2v) is 4.34. The summed E-state index contributed by atoms with van der Waals surface area (Å²) in [6.07, 6.45) is 1.60. The van der Waals surface area contributed by atoms with Gasteiger partial charge in [-0.05, 0) is 26.0 Å². The summed E-state index contributed by atoms with van der Waals surface area (Å²) in [5.41, 5.74) is 2.22. The van der Waals surface area contributed by atoms with Gasteiger partial charge in [-0.2, -0.15) is 5.10 Å². The topological polar surface area (TPSA) is 100 Å². The minimum absolute atomic E-state index is 0.177. The van der Waals surface area contributed by atoms with E-state index in [9.17, 15) is 9.59 Å². The fraction of sp³-hybridized carbons (Fsp3) is 0.308. The molecule has 0 radical (unpaired) electrons. The summed E-state index contributed by atoms with van der Waals surface area (Å²) in [7, 11) is 0. The first-order valence-corrected chi connectivity index (χ1v) is 6.21. The number of nitrogens with zero attached hydrogens (tertiary/aromatic N) is 1. The third kappa shape index (κ3) is 3.25. The molecule has 0 aromatic carbocycles. The molecule has 0 fully saturated rings. The lowest BCUT2D eigenvalue weighted by Gasteiger charge is -2.06. The van der Waals surface area contributed by atoms with E-state index in [4.69, 9.17) is 4.42 Å². The first-order chi connectivity index (χ1) is 9.58. The average molecular weight is 276 g/mol. The highest BCUT2D eigenvalue weighted by Gasteiger charge is 2.11. The second kappa shape index (κ2) is 6.05. The van der Waals surface area contributed by atoms with E-state index >= 15 is 0 Å². The minimum Gasteiger partial charge on any atom is -0.459 e. The van der Waals surface area contributed by atoms with Gasteiger partial charge < -0.3 is 15.1 Å².